The average Bonchev–Trinajstić information content (AvgIpc) is 2.46. The van der Waals surface area contributed by atoms with E-state index in [1.807, 2.05) is 6.92 Å². The topological polar surface area (TPSA) is 92.4 Å². The van der Waals surface area contributed by atoms with Crippen LogP contribution in [-0.2, 0) is 4.79 Å². The molecule has 5 nitrogen and oxygen atoms in total. The third kappa shape index (κ3) is 3.74. The van der Waals surface area contributed by atoms with Gasteiger partial charge >= 0.3 is 5.97 Å². The second kappa shape index (κ2) is 6.61. The molecular formula is C16H22N2O3. The van der Waals surface area contributed by atoms with E-state index in [0.29, 0.717) is 5.56 Å². The Morgan fingerprint density at radius 1 is 1.29 bits per heavy atom. The van der Waals surface area contributed by atoms with Crippen molar-refractivity contribution in [3.63, 3.8) is 0 Å². The van der Waals surface area contributed by atoms with Gasteiger partial charge in [-0.3, -0.25) is 4.79 Å². The lowest BCUT2D eigenvalue weighted by atomic mass is 9.83. The maximum atomic E-state index is 11.6. The lowest BCUT2D eigenvalue weighted by Crippen LogP contribution is -2.38. The number of carboxylic acid groups (broad SMARTS) is 1. The summed E-state index contributed by atoms with van der Waals surface area (Å²) < 4.78 is 0. The summed E-state index contributed by atoms with van der Waals surface area (Å²) in [4.78, 5) is 22.7. The molecule has 0 radical (unpaired) electrons. The van der Waals surface area contributed by atoms with Crippen LogP contribution in [0.3, 0.4) is 0 Å². The normalized spacial score (nSPS) is 17.2. The molecule has 5 heteroatoms. The number of nitrogens with two attached hydrogens (primary N) is 1. The monoisotopic (exact) mass is 290 g/mol. The van der Waals surface area contributed by atoms with E-state index >= 15 is 0 Å². The van der Waals surface area contributed by atoms with Gasteiger partial charge in [-0.2, -0.15) is 0 Å². The number of carboxylic acids is 1. The van der Waals surface area contributed by atoms with Gasteiger partial charge in [-0.25, -0.2) is 4.79 Å². The molecule has 0 heterocycles. The van der Waals surface area contributed by atoms with Crippen LogP contribution in [0.1, 0.15) is 48.0 Å². The summed E-state index contributed by atoms with van der Waals surface area (Å²) in [7, 11) is 0. The maximum Gasteiger partial charge on any atom is 0.326 e. The Morgan fingerprint density at radius 2 is 1.95 bits per heavy atom. The number of rotatable bonds is 5. The van der Waals surface area contributed by atoms with Crippen molar-refractivity contribution in [3.05, 3.63) is 29.3 Å². The molecule has 1 saturated carbocycles. The summed E-state index contributed by atoms with van der Waals surface area (Å²) in [6, 6.07) is 4.46. The zero-order valence-electron chi connectivity index (χ0n) is 12.3. The van der Waals surface area contributed by atoms with Crippen molar-refractivity contribution in [3.8, 4) is 0 Å². The quantitative estimate of drug-likeness (QED) is 0.777. The number of carbonyl (C=O) groups excluding carboxylic acids is 1. The van der Waals surface area contributed by atoms with Crippen molar-refractivity contribution >= 4 is 17.6 Å². The number of anilines is 1. The number of amides is 1. The smallest absolute Gasteiger partial charge is 0.326 e. The molecule has 1 fully saturated rings. The molecule has 2 rings (SSSR count). The molecule has 1 atom stereocenters. The van der Waals surface area contributed by atoms with Gasteiger partial charge in [-0.1, -0.05) is 19.3 Å². The van der Waals surface area contributed by atoms with E-state index in [1.54, 1.807) is 18.2 Å². The fourth-order valence-corrected chi connectivity index (χ4v) is 3.00. The summed E-state index contributed by atoms with van der Waals surface area (Å²) in [5.41, 5.74) is 7.25. The fraction of sp³-hybridized carbons (Fsp3) is 0.500. The van der Waals surface area contributed by atoms with E-state index in [2.05, 4.69) is 5.32 Å². The minimum atomic E-state index is -0.819. The zero-order chi connectivity index (χ0) is 15.4. The number of hydrogen-bond donors (Lipinski definition) is 3. The molecule has 0 aromatic heterocycles. The van der Waals surface area contributed by atoms with Gasteiger partial charge in [0.2, 0.25) is 5.91 Å². The summed E-state index contributed by atoms with van der Waals surface area (Å²) in [6.07, 6.45) is 5.27. The van der Waals surface area contributed by atoms with Crippen LogP contribution in [0, 0.1) is 12.8 Å². The second-order valence-corrected chi connectivity index (χ2v) is 5.75. The lowest BCUT2D eigenvalue weighted by molar-refractivity contribution is -0.139. The molecule has 0 saturated heterocycles. The van der Waals surface area contributed by atoms with Gasteiger partial charge in [0.15, 0.2) is 0 Å². The first-order chi connectivity index (χ1) is 9.99. The molecule has 0 aliphatic heterocycles. The SMILES string of the molecule is Cc1cc(C(N)=O)ccc1NC(C(=O)O)C1CCCCC1. The van der Waals surface area contributed by atoms with Gasteiger partial charge in [-0.05, 0) is 49.4 Å². The Bertz CT molecular complexity index is 536. The molecule has 1 aliphatic rings. The second-order valence-electron chi connectivity index (χ2n) is 5.75. The van der Waals surface area contributed by atoms with Crippen LogP contribution in [0.25, 0.3) is 0 Å². The average molecular weight is 290 g/mol. The highest BCUT2D eigenvalue weighted by atomic mass is 16.4. The van der Waals surface area contributed by atoms with Crippen LogP contribution in [-0.4, -0.2) is 23.0 Å². The highest BCUT2D eigenvalue weighted by Crippen LogP contribution is 2.29. The molecule has 0 spiro atoms. The summed E-state index contributed by atoms with van der Waals surface area (Å²) >= 11 is 0. The predicted octanol–water partition coefficient (Wildman–Crippen LogP) is 2.54. The van der Waals surface area contributed by atoms with Crippen molar-refractivity contribution < 1.29 is 14.7 Å². The number of primary amides is 1. The van der Waals surface area contributed by atoms with E-state index in [-0.39, 0.29) is 5.92 Å². The van der Waals surface area contributed by atoms with Crippen molar-refractivity contribution in [2.45, 2.75) is 45.1 Å². The first-order valence-electron chi connectivity index (χ1n) is 7.39. The third-order valence-electron chi connectivity index (χ3n) is 4.21. The number of hydrogen-bond acceptors (Lipinski definition) is 3. The van der Waals surface area contributed by atoms with E-state index in [4.69, 9.17) is 5.73 Å². The molecule has 1 amide bonds. The number of benzene rings is 1. The molecule has 1 unspecified atom stereocenters. The minimum absolute atomic E-state index is 0.159. The summed E-state index contributed by atoms with van der Waals surface area (Å²) in [5, 5.41) is 12.6. The van der Waals surface area contributed by atoms with Crippen molar-refractivity contribution in [2.75, 3.05) is 5.32 Å². The Hall–Kier alpha value is -2.04. The molecule has 114 valence electrons. The lowest BCUT2D eigenvalue weighted by Gasteiger charge is -2.29. The van der Waals surface area contributed by atoms with Crippen LogP contribution in [0.2, 0.25) is 0 Å². The number of aliphatic carboxylic acids is 1. The first-order valence-corrected chi connectivity index (χ1v) is 7.39. The fourth-order valence-electron chi connectivity index (χ4n) is 3.00. The Kier molecular flexibility index (Phi) is 4.83. The number of nitrogens with one attached hydrogen (secondary N) is 1. The van der Waals surface area contributed by atoms with Gasteiger partial charge in [0.05, 0.1) is 0 Å². The summed E-state index contributed by atoms with van der Waals surface area (Å²) in [6.45, 7) is 1.84. The van der Waals surface area contributed by atoms with Gasteiger partial charge < -0.3 is 16.2 Å². The molecule has 4 N–H and O–H groups in total. The molecular weight excluding hydrogens is 268 g/mol. The highest BCUT2D eigenvalue weighted by Gasteiger charge is 2.29. The first kappa shape index (κ1) is 15.4. The van der Waals surface area contributed by atoms with Crippen molar-refractivity contribution in [2.24, 2.45) is 11.7 Å². The Labute approximate surface area is 124 Å². The summed E-state index contributed by atoms with van der Waals surface area (Å²) in [5.74, 6) is -1.14. The molecule has 21 heavy (non-hydrogen) atoms. The van der Waals surface area contributed by atoms with E-state index < -0.39 is 17.9 Å². The minimum Gasteiger partial charge on any atom is -0.480 e. The van der Waals surface area contributed by atoms with Gasteiger partial charge in [0.25, 0.3) is 0 Å². The van der Waals surface area contributed by atoms with E-state index in [0.717, 1.165) is 36.9 Å². The van der Waals surface area contributed by atoms with Crippen LogP contribution in [0.4, 0.5) is 5.69 Å². The van der Waals surface area contributed by atoms with Gasteiger partial charge in [0, 0.05) is 11.3 Å². The third-order valence-corrected chi connectivity index (χ3v) is 4.21. The van der Waals surface area contributed by atoms with Gasteiger partial charge in [0.1, 0.15) is 6.04 Å². The van der Waals surface area contributed by atoms with Gasteiger partial charge in [-0.15, -0.1) is 0 Å². The molecule has 1 aromatic carbocycles. The Balaban J connectivity index is 2.16. The zero-order valence-corrected chi connectivity index (χ0v) is 12.3. The van der Waals surface area contributed by atoms with Crippen molar-refractivity contribution in [1.82, 2.24) is 0 Å². The molecule has 1 aliphatic carbocycles. The predicted molar refractivity (Wildman–Crippen MR) is 81.3 cm³/mol. The van der Waals surface area contributed by atoms with Crippen LogP contribution in [0.15, 0.2) is 18.2 Å². The van der Waals surface area contributed by atoms with Crippen molar-refractivity contribution in [1.29, 1.82) is 0 Å². The van der Waals surface area contributed by atoms with E-state index in [9.17, 15) is 14.7 Å². The Morgan fingerprint density at radius 3 is 2.48 bits per heavy atom. The van der Waals surface area contributed by atoms with Crippen LogP contribution < -0.4 is 11.1 Å². The largest absolute Gasteiger partial charge is 0.480 e. The number of aryl methyl sites for hydroxylation is 1. The maximum absolute atomic E-state index is 11.6. The van der Waals surface area contributed by atoms with Crippen LogP contribution in [0.5, 0.6) is 0 Å². The molecule has 0 bridgehead atoms. The van der Waals surface area contributed by atoms with E-state index in [1.165, 1.54) is 6.42 Å². The number of carbonyl (C=O) groups is 2. The highest BCUT2D eigenvalue weighted by molar-refractivity contribution is 5.93. The molecule has 1 aromatic rings. The van der Waals surface area contributed by atoms with Crippen LogP contribution >= 0.6 is 0 Å². The standard InChI is InChI=1S/C16H22N2O3/c1-10-9-12(15(17)19)7-8-13(10)18-14(16(20)21)11-5-3-2-4-6-11/h7-9,11,14,18H,2-6H2,1H3,(H2,17,19)(H,20,21).